The molecule has 0 aromatic heterocycles. The van der Waals surface area contributed by atoms with Crippen molar-refractivity contribution in [2.24, 2.45) is 29.6 Å². The minimum absolute atomic E-state index is 0.0699. The topological polar surface area (TPSA) is 163 Å². The number of phosphoric ester groups is 1. The molecule has 192 valence electrons. The Balaban J connectivity index is 0.000000320. The highest BCUT2D eigenvalue weighted by molar-refractivity contribution is 7.57. The van der Waals surface area contributed by atoms with E-state index in [1.165, 1.54) is 13.3 Å². The Morgan fingerprint density at radius 1 is 0.750 bits per heavy atom. The molecule has 12 heteroatoms. The number of rotatable bonds is 5. The Hall–Kier alpha value is 0.140. The van der Waals surface area contributed by atoms with E-state index in [4.69, 9.17) is 23.6 Å². The van der Waals surface area contributed by atoms with Gasteiger partial charge in [-0.05, 0) is 36.5 Å². The molecular formula is C20H42O10P2. The molecule has 0 aromatic carbocycles. The maximum atomic E-state index is 11.3. The van der Waals surface area contributed by atoms with E-state index in [2.05, 4.69) is 20.8 Å². The van der Waals surface area contributed by atoms with Crippen molar-refractivity contribution >= 4 is 15.2 Å². The molecule has 1 aliphatic carbocycles. The van der Waals surface area contributed by atoms with Crippen molar-refractivity contribution in [1.29, 1.82) is 0 Å². The lowest BCUT2D eigenvalue weighted by Gasteiger charge is -2.46. The van der Waals surface area contributed by atoms with Crippen LogP contribution in [0.25, 0.3) is 0 Å². The normalized spacial score (nSPS) is 43.3. The fraction of sp³-hybridized carbons (Fsp3) is 1.00. The van der Waals surface area contributed by atoms with Crippen LogP contribution in [0.5, 0.6) is 0 Å². The molecule has 1 saturated heterocycles. The molecule has 0 bridgehead atoms. The summed E-state index contributed by atoms with van der Waals surface area (Å²) in [6.45, 7) is 14.9. The maximum Gasteiger partial charge on any atom is 0.469 e. The van der Waals surface area contributed by atoms with Crippen LogP contribution in [0.4, 0.5) is 0 Å². The summed E-state index contributed by atoms with van der Waals surface area (Å²) in [4.78, 5) is 17.9. The van der Waals surface area contributed by atoms with E-state index in [1.54, 1.807) is 6.92 Å². The Bertz CT molecular complexity index is 652. The molecule has 10 nitrogen and oxygen atoms in total. The summed E-state index contributed by atoms with van der Waals surface area (Å²) < 4.78 is 37.6. The van der Waals surface area contributed by atoms with Gasteiger partial charge in [0.25, 0.3) is 0 Å². The first-order chi connectivity index (χ1) is 14.4. The van der Waals surface area contributed by atoms with E-state index in [-0.39, 0.29) is 24.5 Å². The van der Waals surface area contributed by atoms with Gasteiger partial charge in [-0.15, -0.1) is 0 Å². The molecule has 2 fully saturated rings. The molecule has 0 spiro atoms. The third-order valence-electron chi connectivity index (χ3n) is 7.11. The summed E-state index contributed by atoms with van der Waals surface area (Å²) in [6.07, 6.45) is -5.35. The molecule has 1 aliphatic heterocycles. The molecular weight excluding hydrogens is 462 g/mol. The van der Waals surface area contributed by atoms with Crippen molar-refractivity contribution in [3.05, 3.63) is 0 Å². The molecule has 0 radical (unpaired) electrons. The predicted octanol–water partition coefficient (Wildman–Crippen LogP) is 2.07. The second kappa shape index (κ2) is 11.7. The highest BCUT2D eigenvalue weighted by atomic mass is 31.2. The van der Waals surface area contributed by atoms with E-state index in [0.717, 1.165) is 0 Å². The highest BCUT2D eigenvalue weighted by Crippen LogP contribution is 2.49. The predicted molar refractivity (Wildman–Crippen MR) is 120 cm³/mol. The van der Waals surface area contributed by atoms with Gasteiger partial charge in [0.1, 0.15) is 24.4 Å². The molecule has 1 saturated carbocycles. The zero-order chi connectivity index (χ0) is 25.2. The van der Waals surface area contributed by atoms with Crippen molar-refractivity contribution in [3.63, 3.8) is 0 Å². The third-order valence-corrected chi connectivity index (χ3v) is 8.40. The van der Waals surface area contributed by atoms with Gasteiger partial charge in [0, 0.05) is 13.3 Å². The van der Waals surface area contributed by atoms with Gasteiger partial charge in [0.05, 0.1) is 18.8 Å². The smallest absolute Gasteiger partial charge is 0.388 e. The highest BCUT2D eigenvalue weighted by Gasteiger charge is 2.44. The summed E-state index contributed by atoms with van der Waals surface area (Å²) in [6, 6.07) is 0. The summed E-state index contributed by atoms with van der Waals surface area (Å²) in [7, 11) is -7.03. The van der Waals surface area contributed by atoms with Crippen LogP contribution in [0.2, 0.25) is 0 Å². The molecule has 0 aromatic rings. The average molecular weight is 504 g/mol. The molecule has 2 aliphatic rings. The van der Waals surface area contributed by atoms with Crippen molar-refractivity contribution in [3.8, 4) is 0 Å². The second-order valence-electron chi connectivity index (χ2n) is 9.76. The van der Waals surface area contributed by atoms with Crippen LogP contribution < -0.4 is 0 Å². The van der Waals surface area contributed by atoms with Crippen LogP contribution in [0.3, 0.4) is 0 Å². The van der Waals surface area contributed by atoms with Crippen molar-refractivity contribution < 1.29 is 48.0 Å². The SMILES string of the molecule is CC1C(C)[C@@H](C)C(OP(=O)(O)O)C(C)[C@@H]1C.C[C@H]1OC(COP(C)(C)=O)C(O)[C@H](O)C1O. The maximum absolute atomic E-state index is 11.3. The monoisotopic (exact) mass is 504 g/mol. The molecule has 11 atom stereocenters. The molecule has 7 unspecified atom stereocenters. The van der Waals surface area contributed by atoms with E-state index < -0.39 is 45.7 Å². The van der Waals surface area contributed by atoms with Gasteiger partial charge in [-0.1, -0.05) is 34.6 Å². The first-order valence-electron chi connectivity index (χ1n) is 11.0. The largest absolute Gasteiger partial charge is 0.469 e. The van der Waals surface area contributed by atoms with Gasteiger partial charge in [0.15, 0.2) is 7.37 Å². The van der Waals surface area contributed by atoms with Crippen molar-refractivity contribution in [1.82, 2.24) is 0 Å². The summed E-state index contributed by atoms with van der Waals surface area (Å²) in [5.74, 6) is 1.75. The Morgan fingerprint density at radius 3 is 1.59 bits per heavy atom. The minimum atomic E-state index is -4.38. The van der Waals surface area contributed by atoms with E-state index >= 15 is 0 Å². The fourth-order valence-corrected chi connectivity index (χ4v) is 5.60. The number of aliphatic hydroxyl groups excluding tert-OH is 3. The van der Waals surface area contributed by atoms with Crippen LogP contribution in [-0.2, 0) is 22.9 Å². The van der Waals surface area contributed by atoms with Crippen LogP contribution in [0.1, 0.15) is 41.5 Å². The Kier molecular flexibility index (Phi) is 11.0. The zero-order valence-electron chi connectivity index (χ0n) is 20.2. The van der Waals surface area contributed by atoms with Crippen LogP contribution in [0.15, 0.2) is 0 Å². The van der Waals surface area contributed by atoms with Crippen LogP contribution >= 0.6 is 15.2 Å². The van der Waals surface area contributed by atoms with Crippen molar-refractivity contribution in [2.75, 3.05) is 19.9 Å². The lowest BCUT2D eigenvalue weighted by molar-refractivity contribution is -0.222. The lowest BCUT2D eigenvalue weighted by Crippen LogP contribution is -2.57. The van der Waals surface area contributed by atoms with E-state index in [1.807, 2.05) is 13.8 Å². The second-order valence-corrected chi connectivity index (χ2v) is 13.7. The average Bonchev–Trinajstić information content (AvgIpc) is 2.67. The van der Waals surface area contributed by atoms with Gasteiger partial charge < -0.3 is 34.4 Å². The zero-order valence-corrected chi connectivity index (χ0v) is 22.0. The third kappa shape index (κ3) is 8.42. The van der Waals surface area contributed by atoms with Gasteiger partial charge in [-0.25, -0.2) is 4.57 Å². The van der Waals surface area contributed by atoms with Gasteiger partial charge in [-0.2, -0.15) is 0 Å². The first-order valence-corrected chi connectivity index (χ1v) is 15.1. The lowest BCUT2D eigenvalue weighted by atomic mass is 9.63. The summed E-state index contributed by atoms with van der Waals surface area (Å²) in [5.41, 5.74) is 0. The number of phosphoric acid groups is 1. The van der Waals surface area contributed by atoms with Gasteiger partial charge >= 0.3 is 7.82 Å². The van der Waals surface area contributed by atoms with Gasteiger partial charge in [-0.3, -0.25) is 9.09 Å². The van der Waals surface area contributed by atoms with Crippen LogP contribution in [0, 0.1) is 29.6 Å². The van der Waals surface area contributed by atoms with Crippen LogP contribution in [-0.4, -0.2) is 81.7 Å². The number of ether oxygens (including phenoxy) is 1. The number of hydrogen-bond acceptors (Lipinski definition) is 8. The summed E-state index contributed by atoms with van der Waals surface area (Å²) in [5, 5.41) is 28.6. The Morgan fingerprint density at radius 2 is 1.19 bits per heavy atom. The number of hydrogen-bond donors (Lipinski definition) is 5. The molecule has 2 rings (SSSR count). The number of aliphatic hydroxyl groups is 3. The molecule has 1 heterocycles. The fourth-order valence-electron chi connectivity index (χ4n) is 4.39. The molecule has 32 heavy (non-hydrogen) atoms. The quantitative estimate of drug-likeness (QED) is 0.350. The Labute approximate surface area is 191 Å². The van der Waals surface area contributed by atoms with Gasteiger partial charge in [0.2, 0.25) is 0 Å². The standard InChI is InChI=1S/C11H23O4P.C9H19O6P/c1-6-7(2)9(4)11(10(5)8(6)3)15-16(12,13)14;1-5-7(10)9(12)8(11)6(15-5)4-14-16(2,3)13/h6-11H,1-5H3,(H2,12,13,14);5-12H,4H2,1-3H3/t6?,7-,8?,9?,10-,11?;5-,6?,7?,8?,9-/m11/s1. The molecule has 5 N–H and O–H groups in total. The van der Waals surface area contributed by atoms with E-state index in [0.29, 0.717) is 17.8 Å². The van der Waals surface area contributed by atoms with Crippen molar-refractivity contribution in [2.45, 2.75) is 78.2 Å². The minimum Gasteiger partial charge on any atom is -0.388 e. The molecule has 0 amide bonds. The first kappa shape index (κ1) is 30.2. The van der Waals surface area contributed by atoms with E-state index in [9.17, 15) is 24.4 Å². The summed E-state index contributed by atoms with van der Waals surface area (Å²) >= 11 is 0.